The second-order valence-corrected chi connectivity index (χ2v) is 10.5. The molecule has 1 saturated carbocycles. The monoisotopic (exact) mass is 497 g/mol. The van der Waals surface area contributed by atoms with Gasteiger partial charge in [-0.1, -0.05) is 75.9 Å². The number of nitriles is 1. The van der Waals surface area contributed by atoms with Crippen LogP contribution in [0, 0.1) is 24.2 Å². The lowest BCUT2D eigenvalue weighted by atomic mass is 9.86. The maximum absolute atomic E-state index is 12.7. The third-order valence-electron chi connectivity index (χ3n) is 6.45. The summed E-state index contributed by atoms with van der Waals surface area (Å²) < 4.78 is 13.6. The van der Waals surface area contributed by atoms with Crippen molar-refractivity contribution in [2.24, 2.45) is 5.92 Å². The lowest BCUT2D eigenvalue weighted by Crippen LogP contribution is -2.26. The highest BCUT2D eigenvalue weighted by Gasteiger charge is 2.28. The molecule has 1 aromatic heterocycles. The van der Waals surface area contributed by atoms with E-state index in [4.69, 9.17) is 21.1 Å². The molecular weight excluding hydrogens is 462 g/mol. The Morgan fingerprint density at radius 1 is 1.20 bits per heavy atom. The first kappa shape index (κ1) is 26.8. The number of aromatic nitrogens is 2. The summed E-state index contributed by atoms with van der Waals surface area (Å²) in [4.78, 5) is 12.7. The van der Waals surface area contributed by atoms with Crippen molar-refractivity contribution in [3.8, 4) is 6.07 Å². The first-order valence-electron chi connectivity index (χ1n) is 12.4. The highest BCUT2D eigenvalue weighted by atomic mass is 35.5. The Balaban J connectivity index is 2.03. The molecule has 35 heavy (non-hydrogen) atoms. The van der Waals surface area contributed by atoms with Gasteiger partial charge in [-0.05, 0) is 43.2 Å². The van der Waals surface area contributed by atoms with E-state index in [-0.39, 0.29) is 23.1 Å². The molecule has 2 aromatic rings. The fourth-order valence-electron chi connectivity index (χ4n) is 4.41. The van der Waals surface area contributed by atoms with Crippen molar-refractivity contribution in [3.63, 3.8) is 0 Å². The molecular formula is C28H36ClN3O3. The minimum Gasteiger partial charge on any atom is -0.451 e. The summed E-state index contributed by atoms with van der Waals surface area (Å²) in [6, 6.07) is 10.2. The molecule has 188 valence electrons. The van der Waals surface area contributed by atoms with Gasteiger partial charge in [-0.3, -0.25) is 9.48 Å². The number of ether oxygens (including phenoxy) is 2. The third kappa shape index (κ3) is 6.27. The van der Waals surface area contributed by atoms with E-state index in [2.05, 4.69) is 31.9 Å². The van der Waals surface area contributed by atoms with E-state index in [1.54, 1.807) is 11.6 Å². The summed E-state index contributed by atoms with van der Waals surface area (Å²) >= 11 is 6.66. The standard InChI is InChI=1S/C28H36ClN3O3/c1-7-32-25(24(29)18(2)31-32)26(34-19(3)35-27(33)21-11-9-8-10-12-21)23(17-30)20-13-15-22(16-14-20)28(4,5)6/h13-16,19,21H,7-12H2,1-6H3/b26-23-. The zero-order valence-corrected chi connectivity index (χ0v) is 22.4. The van der Waals surface area contributed by atoms with Gasteiger partial charge < -0.3 is 9.47 Å². The Bertz CT molecular complexity index is 1110. The van der Waals surface area contributed by atoms with E-state index in [0.29, 0.717) is 34.1 Å². The highest BCUT2D eigenvalue weighted by molar-refractivity contribution is 6.33. The highest BCUT2D eigenvalue weighted by Crippen LogP contribution is 2.35. The van der Waals surface area contributed by atoms with Crippen LogP contribution in [0.4, 0.5) is 0 Å². The molecule has 7 heteroatoms. The van der Waals surface area contributed by atoms with Gasteiger partial charge in [-0.15, -0.1) is 0 Å². The average molecular weight is 498 g/mol. The molecule has 0 bridgehead atoms. The molecule has 1 aliphatic rings. The van der Waals surface area contributed by atoms with Crippen LogP contribution in [0.25, 0.3) is 11.3 Å². The van der Waals surface area contributed by atoms with Crippen molar-refractivity contribution >= 4 is 28.9 Å². The SMILES string of the molecule is CCn1nc(C)c(Cl)c1/C(OC(C)OC(=O)C1CCCCC1)=C(\C#N)c1ccc(C(C)(C)C)cc1. The summed E-state index contributed by atoms with van der Waals surface area (Å²) in [6.45, 7) is 12.4. The van der Waals surface area contributed by atoms with E-state index in [1.165, 1.54) is 0 Å². The van der Waals surface area contributed by atoms with E-state index in [9.17, 15) is 10.1 Å². The predicted octanol–water partition coefficient (Wildman–Crippen LogP) is 7.04. The summed E-state index contributed by atoms with van der Waals surface area (Å²) in [5, 5.41) is 15.1. The fourth-order valence-corrected chi connectivity index (χ4v) is 4.63. The summed E-state index contributed by atoms with van der Waals surface area (Å²) in [7, 11) is 0. The molecule has 1 aliphatic carbocycles. The molecule has 0 radical (unpaired) electrons. The fraction of sp³-hybridized carbons (Fsp3) is 0.536. The summed E-state index contributed by atoms with van der Waals surface area (Å²) in [6.07, 6.45) is 4.01. The molecule has 1 fully saturated rings. The second kappa shape index (κ2) is 11.3. The van der Waals surface area contributed by atoms with Crippen molar-refractivity contribution in [3.05, 3.63) is 51.8 Å². The van der Waals surface area contributed by atoms with Crippen LogP contribution in [-0.4, -0.2) is 22.0 Å². The zero-order valence-electron chi connectivity index (χ0n) is 21.7. The number of rotatable bonds is 7. The number of esters is 1. The van der Waals surface area contributed by atoms with Gasteiger partial charge in [0.2, 0.25) is 6.29 Å². The van der Waals surface area contributed by atoms with Gasteiger partial charge in [0.15, 0.2) is 5.76 Å². The molecule has 0 aliphatic heterocycles. The van der Waals surface area contributed by atoms with Gasteiger partial charge >= 0.3 is 5.97 Å². The van der Waals surface area contributed by atoms with E-state index < -0.39 is 6.29 Å². The Hall–Kier alpha value is -2.78. The normalized spacial score (nSPS) is 16.3. The average Bonchev–Trinajstić information content (AvgIpc) is 3.12. The van der Waals surface area contributed by atoms with Crippen LogP contribution in [0.2, 0.25) is 5.02 Å². The van der Waals surface area contributed by atoms with Gasteiger partial charge in [-0.2, -0.15) is 10.4 Å². The number of allylic oxidation sites excluding steroid dienone is 1. The number of aryl methyl sites for hydroxylation is 2. The Morgan fingerprint density at radius 3 is 2.37 bits per heavy atom. The number of nitrogens with zero attached hydrogens (tertiary/aromatic N) is 3. The van der Waals surface area contributed by atoms with Crippen LogP contribution in [0.3, 0.4) is 0 Å². The van der Waals surface area contributed by atoms with Gasteiger partial charge in [-0.25, -0.2) is 0 Å². The number of halogens is 1. The molecule has 6 nitrogen and oxygen atoms in total. The molecule has 1 aromatic carbocycles. The minimum absolute atomic E-state index is 0.0164. The van der Waals surface area contributed by atoms with Crippen LogP contribution in [0.5, 0.6) is 0 Å². The number of benzene rings is 1. The van der Waals surface area contributed by atoms with Gasteiger partial charge in [0.1, 0.15) is 17.3 Å². The molecule has 0 saturated heterocycles. The second-order valence-electron chi connectivity index (χ2n) is 10.2. The van der Waals surface area contributed by atoms with Crippen LogP contribution >= 0.6 is 11.6 Å². The molecule has 3 rings (SSSR count). The zero-order chi connectivity index (χ0) is 25.8. The van der Waals surface area contributed by atoms with Crippen LogP contribution < -0.4 is 0 Å². The molecule has 0 amide bonds. The quantitative estimate of drug-likeness (QED) is 0.177. The molecule has 1 unspecified atom stereocenters. The maximum Gasteiger partial charge on any atom is 0.311 e. The number of carbonyl (C=O) groups is 1. The van der Waals surface area contributed by atoms with Crippen LogP contribution in [0.1, 0.15) is 89.2 Å². The summed E-state index contributed by atoms with van der Waals surface area (Å²) in [5.41, 5.74) is 3.28. The minimum atomic E-state index is -0.895. The van der Waals surface area contributed by atoms with Crippen molar-refractivity contribution in [2.75, 3.05) is 0 Å². The lowest BCUT2D eigenvalue weighted by molar-refractivity contribution is -0.170. The van der Waals surface area contributed by atoms with Crippen molar-refractivity contribution in [2.45, 2.75) is 91.9 Å². The summed E-state index contributed by atoms with van der Waals surface area (Å²) in [5.74, 6) is -0.0992. The van der Waals surface area contributed by atoms with Gasteiger partial charge in [0.05, 0.1) is 16.6 Å². The topological polar surface area (TPSA) is 77.1 Å². The predicted molar refractivity (Wildman–Crippen MR) is 138 cm³/mol. The molecule has 0 N–H and O–H groups in total. The van der Waals surface area contributed by atoms with E-state index in [1.807, 2.05) is 38.1 Å². The van der Waals surface area contributed by atoms with Gasteiger partial charge in [0.25, 0.3) is 0 Å². The smallest absolute Gasteiger partial charge is 0.311 e. The largest absolute Gasteiger partial charge is 0.451 e. The Kier molecular flexibility index (Phi) is 8.66. The number of hydrogen-bond donors (Lipinski definition) is 0. The Morgan fingerprint density at radius 2 is 1.83 bits per heavy atom. The van der Waals surface area contributed by atoms with Crippen LogP contribution in [-0.2, 0) is 26.2 Å². The molecule has 1 atom stereocenters. The molecule has 1 heterocycles. The lowest BCUT2D eigenvalue weighted by Gasteiger charge is -2.24. The van der Waals surface area contributed by atoms with Crippen LogP contribution in [0.15, 0.2) is 24.3 Å². The van der Waals surface area contributed by atoms with Crippen molar-refractivity contribution in [1.82, 2.24) is 9.78 Å². The maximum atomic E-state index is 12.7. The van der Waals surface area contributed by atoms with Crippen molar-refractivity contribution < 1.29 is 14.3 Å². The van der Waals surface area contributed by atoms with E-state index >= 15 is 0 Å². The Labute approximate surface area is 213 Å². The van der Waals surface area contributed by atoms with E-state index in [0.717, 1.165) is 37.7 Å². The number of hydrogen-bond acceptors (Lipinski definition) is 5. The first-order valence-corrected chi connectivity index (χ1v) is 12.8. The van der Waals surface area contributed by atoms with Crippen molar-refractivity contribution in [1.29, 1.82) is 5.26 Å². The van der Waals surface area contributed by atoms with Gasteiger partial charge in [0, 0.05) is 13.5 Å². The number of carbonyl (C=O) groups excluding carboxylic acids is 1. The third-order valence-corrected chi connectivity index (χ3v) is 6.90. The molecule has 0 spiro atoms. The first-order chi connectivity index (χ1) is 16.6.